The van der Waals surface area contributed by atoms with E-state index in [1.807, 2.05) is 0 Å². The topological polar surface area (TPSA) is 65.6 Å². The van der Waals surface area contributed by atoms with E-state index in [-0.39, 0.29) is 15.8 Å². The summed E-state index contributed by atoms with van der Waals surface area (Å²) in [5.74, 6) is 0.689. The van der Waals surface area contributed by atoms with Crippen molar-refractivity contribution in [2.24, 2.45) is 5.16 Å². The Labute approximate surface area is 131 Å². The molecule has 0 aromatic heterocycles. The molecule has 1 aliphatic carbocycles. The first-order valence-corrected chi connectivity index (χ1v) is 6.62. The summed E-state index contributed by atoms with van der Waals surface area (Å²) in [6, 6.07) is 9.13. The van der Waals surface area contributed by atoms with Crippen LogP contribution in [-0.2, 0) is 0 Å². The van der Waals surface area contributed by atoms with E-state index >= 15 is 0 Å². The molecular weight excluding hydrogens is 311 g/mol. The number of ether oxygens (including phenoxy) is 1. The van der Waals surface area contributed by atoms with Crippen LogP contribution in [-0.4, -0.2) is 18.0 Å². The molecule has 1 N–H and O–H groups in total. The highest BCUT2D eigenvalue weighted by atomic mass is 35.5. The third-order valence-electron chi connectivity index (χ3n) is 2.90. The predicted molar refractivity (Wildman–Crippen MR) is 82.6 cm³/mol. The maximum atomic E-state index is 9.41. The van der Waals surface area contributed by atoms with Gasteiger partial charge in [-0.25, -0.2) is 0 Å². The van der Waals surface area contributed by atoms with Crippen molar-refractivity contribution >= 4 is 34.5 Å². The molecule has 2 rings (SSSR count). The maximum absolute atomic E-state index is 9.41. The number of halogens is 2. The number of allylic oxidation sites excluding steroid dienone is 6. The largest absolute Gasteiger partial charge is 0.497 e. The molecule has 0 amide bonds. The average Bonchev–Trinajstić information content (AvgIpc) is 2.51. The van der Waals surface area contributed by atoms with E-state index < -0.39 is 0 Å². The number of hydrogen-bond donors (Lipinski definition) is 1. The minimum atomic E-state index is 0.150. The summed E-state index contributed by atoms with van der Waals surface area (Å²) >= 11 is 12.1. The van der Waals surface area contributed by atoms with Crippen LogP contribution in [0.15, 0.2) is 57.2 Å². The molecule has 0 fully saturated rings. The Kier molecular flexibility index (Phi) is 4.69. The lowest BCUT2D eigenvalue weighted by Crippen LogP contribution is -2.03. The normalized spacial score (nSPS) is 18.7. The highest BCUT2D eigenvalue weighted by molar-refractivity contribution is 6.48. The number of methoxy groups -OCH3 is 1. The zero-order valence-corrected chi connectivity index (χ0v) is 12.5. The van der Waals surface area contributed by atoms with Gasteiger partial charge in [0.25, 0.3) is 0 Å². The zero-order valence-electron chi connectivity index (χ0n) is 11.0. The molecule has 1 aromatic carbocycles. The van der Waals surface area contributed by atoms with Crippen molar-refractivity contribution in [3.8, 4) is 11.8 Å². The van der Waals surface area contributed by atoms with E-state index in [1.165, 1.54) is 12.2 Å². The number of nitrogens with zero attached hydrogens (tertiary/aromatic N) is 2. The van der Waals surface area contributed by atoms with Crippen molar-refractivity contribution in [1.82, 2.24) is 0 Å². The standard InChI is InChI=1S/C15H10Cl2N2O2/c1-21-10-4-2-9(3-5-10)12(8-18)11-6-14(17)15(19-20)7-13(11)16/h2-7,20H,1H3/b12-11-,19-15+. The predicted octanol–water partition coefficient (Wildman–Crippen LogP) is 4.06. The highest BCUT2D eigenvalue weighted by Gasteiger charge is 2.18. The summed E-state index contributed by atoms with van der Waals surface area (Å²) in [4.78, 5) is 0. The summed E-state index contributed by atoms with van der Waals surface area (Å²) < 4.78 is 5.08. The minimum Gasteiger partial charge on any atom is -0.497 e. The zero-order chi connectivity index (χ0) is 15.4. The summed E-state index contributed by atoms with van der Waals surface area (Å²) in [5, 5.41) is 21.7. The molecule has 4 nitrogen and oxygen atoms in total. The van der Waals surface area contributed by atoms with Gasteiger partial charge in [-0.2, -0.15) is 5.26 Å². The van der Waals surface area contributed by atoms with Crippen molar-refractivity contribution in [2.45, 2.75) is 0 Å². The van der Waals surface area contributed by atoms with Gasteiger partial charge in [0.2, 0.25) is 0 Å². The number of hydrogen-bond acceptors (Lipinski definition) is 4. The van der Waals surface area contributed by atoms with E-state index in [0.717, 1.165) is 0 Å². The second-order valence-corrected chi connectivity index (χ2v) is 4.91. The van der Waals surface area contributed by atoms with Crippen LogP contribution in [0.1, 0.15) is 5.56 Å². The second-order valence-electron chi connectivity index (χ2n) is 4.10. The Hall–Kier alpha value is -2.22. The van der Waals surface area contributed by atoms with Crippen LogP contribution >= 0.6 is 23.2 Å². The molecule has 0 spiro atoms. The molecule has 21 heavy (non-hydrogen) atoms. The number of benzene rings is 1. The minimum absolute atomic E-state index is 0.150. The Balaban J connectivity index is 2.56. The van der Waals surface area contributed by atoms with Crippen LogP contribution < -0.4 is 4.74 Å². The fourth-order valence-corrected chi connectivity index (χ4v) is 2.30. The van der Waals surface area contributed by atoms with Crippen LogP contribution in [0.3, 0.4) is 0 Å². The molecule has 0 saturated heterocycles. The molecule has 0 saturated carbocycles. The molecule has 0 aliphatic heterocycles. The molecule has 1 aliphatic rings. The molecule has 0 bridgehead atoms. The summed E-state index contributed by atoms with van der Waals surface area (Å²) in [6.07, 6.45) is 2.90. The lowest BCUT2D eigenvalue weighted by atomic mass is 9.97. The number of nitriles is 1. The van der Waals surface area contributed by atoms with E-state index in [1.54, 1.807) is 31.4 Å². The average molecular weight is 321 g/mol. The molecule has 0 radical (unpaired) electrons. The lowest BCUT2D eigenvalue weighted by Gasteiger charge is -2.12. The Morgan fingerprint density at radius 1 is 1.19 bits per heavy atom. The SMILES string of the molecule is COc1ccc(/C(C#N)=C2C=C(Cl)/C(=N/O)C=C/2Cl)cc1. The van der Waals surface area contributed by atoms with Gasteiger partial charge in [-0.05, 0) is 42.0 Å². The van der Waals surface area contributed by atoms with Crippen LogP contribution in [0.4, 0.5) is 0 Å². The smallest absolute Gasteiger partial charge is 0.122 e. The summed E-state index contributed by atoms with van der Waals surface area (Å²) in [7, 11) is 1.57. The second kappa shape index (κ2) is 6.49. The van der Waals surface area contributed by atoms with Gasteiger partial charge in [0.05, 0.1) is 22.7 Å². The molecule has 6 heteroatoms. The maximum Gasteiger partial charge on any atom is 0.122 e. The third-order valence-corrected chi connectivity index (χ3v) is 3.52. The Morgan fingerprint density at radius 2 is 1.86 bits per heavy atom. The quantitative estimate of drug-likeness (QED) is 0.507. The van der Waals surface area contributed by atoms with Crippen molar-refractivity contribution in [2.75, 3.05) is 7.11 Å². The van der Waals surface area contributed by atoms with Gasteiger partial charge in [0.1, 0.15) is 17.5 Å². The molecule has 0 heterocycles. The van der Waals surface area contributed by atoms with Gasteiger partial charge in [-0.3, -0.25) is 0 Å². The van der Waals surface area contributed by atoms with Gasteiger partial charge >= 0.3 is 0 Å². The fraction of sp³-hybridized carbons (Fsp3) is 0.0667. The van der Waals surface area contributed by atoms with Crippen molar-refractivity contribution < 1.29 is 9.94 Å². The summed E-state index contributed by atoms with van der Waals surface area (Å²) in [5.41, 5.74) is 1.68. The number of oxime groups is 1. The van der Waals surface area contributed by atoms with E-state index in [9.17, 15) is 5.26 Å². The van der Waals surface area contributed by atoms with Crippen LogP contribution in [0.25, 0.3) is 5.57 Å². The number of rotatable bonds is 2. The fourth-order valence-electron chi connectivity index (χ4n) is 1.84. The Morgan fingerprint density at radius 3 is 2.38 bits per heavy atom. The molecular formula is C15H10Cl2N2O2. The summed E-state index contributed by atoms with van der Waals surface area (Å²) in [6.45, 7) is 0. The van der Waals surface area contributed by atoms with E-state index in [0.29, 0.717) is 22.5 Å². The van der Waals surface area contributed by atoms with Crippen molar-refractivity contribution in [3.63, 3.8) is 0 Å². The van der Waals surface area contributed by atoms with Crippen LogP contribution in [0, 0.1) is 11.3 Å². The molecule has 0 atom stereocenters. The molecule has 1 aromatic rings. The third kappa shape index (κ3) is 3.10. The van der Waals surface area contributed by atoms with Crippen molar-refractivity contribution in [1.29, 1.82) is 5.26 Å². The van der Waals surface area contributed by atoms with Gasteiger partial charge in [0, 0.05) is 5.57 Å². The highest BCUT2D eigenvalue weighted by Crippen LogP contribution is 2.32. The van der Waals surface area contributed by atoms with Gasteiger partial charge in [-0.1, -0.05) is 28.4 Å². The molecule has 0 unspecified atom stereocenters. The first kappa shape index (κ1) is 15.2. The monoisotopic (exact) mass is 320 g/mol. The van der Waals surface area contributed by atoms with Gasteiger partial charge in [-0.15, -0.1) is 0 Å². The van der Waals surface area contributed by atoms with Crippen LogP contribution in [0.5, 0.6) is 5.75 Å². The molecule has 106 valence electrons. The lowest BCUT2D eigenvalue weighted by molar-refractivity contribution is 0.320. The van der Waals surface area contributed by atoms with Crippen molar-refractivity contribution in [3.05, 3.63) is 57.6 Å². The van der Waals surface area contributed by atoms with E-state index in [4.69, 9.17) is 33.1 Å². The van der Waals surface area contributed by atoms with Gasteiger partial charge < -0.3 is 9.94 Å². The van der Waals surface area contributed by atoms with Crippen LogP contribution in [0.2, 0.25) is 0 Å². The van der Waals surface area contributed by atoms with E-state index in [2.05, 4.69) is 11.2 Å². The first-order valence-electron chi connectivity index (χ1n) is 5.86. The first-order chi connectivity index (χ1) is 10.1. The Bertz CT molecular complexity index is 723. The van der Waals surface area contributed by atoms with Gasteiger partial charge in [0.15, 0.2) is 0 Å².